The Bertz CT molecular complexity index is 944. The van der Waals surface area contributed by atoms with E-state index in [2.05, 4.69) is 10.3 Å². The summed E-state index contributed by atoms with van der Waals surface area (Å²) in [4.78, 5) is 44.7. The van der Waals surface area contributed by atoms with E-state index in [-0.39, 0.29) is 30.1 Å². The number of fused-ring (bicyclic) bond motifs is 1. The van der Waals surface area contributed by atoms with Crippen molar-refractivity contribution in [3.63, 3.8) is 0 Å². The molecule has 0 aliphatic carbocycles. The lowest BCUT2D eigenvalue weighted by molar-refractivity contribution is -0.126. The van der Waals surface area contributed by atoms with E-state index in [0.29, 0.717) is 26.1 Å². The number of rotatable bonds is 5. The van der Waals surface area contributed by atoms with Crippen LogP contribution in [0.5, 0.6) is 0 Å². The molecule has 150 valence electrons. The van der Waals surface area contributed by atoms with Crippen LogP contribution in [0.15, 0.2) is 42.7 Å². The summed E-state index contributed by atoms with van der Waals surface area (Å²) in [5.41, 5.74) is 3.72. The average molecular weight is 392 g/mol. The monoisotopic (exact) mass is 392 g/mol. The predicted molar refractivity (Wildman–Crippen MR) is 109 cm³/mol. The van der Waals surface area contributed by atoms with Gasteiger partial charge in [-0.1, -0.05) is 13.0 Å². The zero-order valence-corrected chi connectivity index (χ0v) is 16.4. The molecule has 1 fully saturated rings. The number of nitrogens with one attached hydrogen (secondary N) is 1. The van der Waals surface area contributed by atoms with Crippen LogP contribution >= 0.6 is 0 Å². The molecule has 4 rings (SSSR count). The highest BCUT2D eigenvalue weighted by Gasteiger charge is 2.35. The summed E-state index contributed by atoms with van der Waals surface area (Å²) in [5.74, 6) is -0.429. The number of aromatic nitrogens is 1. The summed E-state index contributed by atoms with van der Waals surface area (Å²) in [7, 11) is 0. The molecule has 29 heavy (non-hydrogen) atoms. The second-order valence-electron chi connectivity index (χ2n) is 7.45. The Labute approximate surface area is 169 Å². The first kappa shape index (κ1) is 19.1. The first-order valence-corrected chi connectivity index (χ1v) is 9.97. The molecule has 7 nitrogen and oxygen atoms in total. The predicted octanol–water partition coefficient (Wildman–Crippen LogP) is 2.05. The van der Waals surface area contributed by atoms with Gasteiger partial charge in [0.25, 0.3) is 0 Å². The average Bonchev–Trinajstić information content (AvgIpc) is 3.35. The Morgan fingerprint density at radius 1 is 1.28 bits per heavy atom. The molecule has 2 aliphatic heterocycles. The van der Waals surface area contributed by atoms with Crippen molar-refractivity contribution in [2.75, 3.05) is 22.9 Å². The van der Waals surface area contributed by atoms with Crippen molar-refractivity contribution in [3.8, 4) is 0 Å². The van der Waals surface area contributed by atoms with Gasteiger partial charge < -0.3 is 15.1 Å². The third kappa shape index (κ3) is 3.85. The van der Waals surface area contributed by atoms with Gasteiger partial charge in [-0.3, -0.25) is 19.4 Å². The summed E-state index contributed by atoms with van der Waals surface area (Å²) in [5, 5.41) is 2.90. The molecule has 1 N–H and O–H groups in total. The number of nitrogens with zero attached hydrogens (tertiary/aromatic N) is 3. The SMILES string of the molecule is CCC(=O)N1CCc2cc(N3C[C@@H](C(=O)NCc4cccnc4)CC3=O)ccc21. The number of pyridine rings is 1. The molecule has 7 heteroatoms. The highest BCUT2D eigenvalue weighted by atomic mass is 16.2. The minimum Gasteiger partial charge on any atom is -0.352 e. The van der Waals surface area contributed by atoms with Crippen LogP contribution in [0, 0.1) is 5.92 Å². The summed E-state index contributed by atoms with van der Waals surface area (Å²) in [6, 6.07) is 9.48. The van der Waals surface area contributed by atoms with Crippen molar-refractivity contribution in [2.45, 2.75) is 32.7 Å². The highest BCUT2D eigenvalue weighted by Crippen LogP contribution is 2.34. The van der Waals surface area contributed by atoms with Gasteiger partial charge in [-0.25, -0.2) is 0 Å². The van der Waals surface area contributed by atoms with Gasteiger partial charge in [0.2, 0.25) is 17.7 Å². The molecule has 0 bridgehead atoms. The Kier molecular flexibility index (Phi) is 5.29. The number of carbonyl (C=O) groups excluding carboxylic acids is 3. The van der Waals surface area contributed by atoms with E-state index in [4.69, 9.17) is 0 Å². The lowest BCUT2D eigenvalue weighted by Crippen LogP contribution is -2.32. The van der Waals surface area contributed by atoms with Crippen molar-refractivity contribution in [1.29, 1.82) is 0 Å². The Hall–Kier alpha value is -3.22. The number of hydrogen-bond donors (Lipinski definition) is 1. The number of hydrogen-bond acceptors (Lipinski definition) is 4. The first-order chi connectivity index (χ1) is 14.1. The van der Waals surface area contributed by atoms with Gasteiger partial charge in [-0.2, -0.15) is 0 Å². The molecular formula is C22H24N4O3. The zero-order valence-electron chi connectivity index (χ0n) is 16.4. The number of anilines is 2. The van der Waals surface area contributed by atoms with Gasteiger partial charge in [0, 0.05) is 56.2 Å². The van der Waals surface area contributed by atoms with E-state index in [9.17, 15) is 14.4 Å². The van der Waals surface area contributed by atoms with E-state index < -0.39 is 0 Å². The Morgan fingerprint density at radius 2 is 2.14 bits per heavy atom. The van der Waals surface area contributed by atoms with Crippen LogP contribution in [0.1, 0.15) is 30.9 Å². The zero-order chi connectivity index (χ0) is 20.4. The van der Waals surface area contributed by atoms with E-state index in [1.807, 2.05) is 37.3 Å². The van der Waals surface area contributed by atoms with Crippen LogP contribution in [-0.4, -0.2) is 35.8 Å². The van der Waals surface area contributed by atoms with Crippen molar-refractivity contribution in [1.82, 2.24) is 10.3 Å². The number of amides is 3. The topological polar surface area (TPSA) is 82.6 Å². The van der Waals surface area contributed by atoms with Gasteiger partial charge in [-0.05, 0) is 41.8 Å². The molecule has 0 saturated carbocycles. The van der Waals surface area contributed by atoms with Crippen LogP contribution in [-0.2, 0) is 27.3 Å². The van der Waals surface area contributed by atoms with Crippen LogP contribution in [0.3, 0.4) is 0 Å². The molecule has 1 aromatic carbocycles. The minimum absolute atomic E-state index is 0.0500. The van der Waals surface area contributed by atoms with E-state index >= 15 is 0 Å². The van der Waals surface area contributed by atoms with Crippen molar-refractivity contribution in [2.24, 2.45) is 5.92 Å². The molecule has 2 aromatic rings. The van der Waals surface area contributed by atoms with Crippen LogP contribution in [0.2, 0.25) is 0 Å². The van der Waals surface area contributed by atoms with Crippen LogP contribution in [0.4, 0.5) is 11.4 Å². The first-order valence-electron chi connectivity index (χ1n) is 9.97. The molecule has 0 spiro atoms. The highest BCUT2D eigenvalue weighted by molar-refractivity contribution is 6.01. The molecule has 0 unspecified atom stereocenters. The maximum atomic E-state index is 12.6. The maximum Gasteiger partial charge on any atom is 0.227 e. The van der Waals surface area contributed by atoms with Gasteiger partial charge in [0.1, 0.15) is 0 Å². The largest absolute Gasteiger partial charge is 0.352 e. The van der Waals surface area contributed by atoms with E-state index in [1.165, 1.54) is 0 Å². The smallest absolute Gasteiger partial charge is 0.227 e. The molecule has 2 aliphatic rings. The van der Waals surface area contributed by atoms with Crippen LogP contribution in [0.25, 0.3) is 0 Å². The van der Waals surface area contributed by atoms with Gasteiger partial charge in [0.05, 0.1) is 5.92 Å². The second-order valence-corrected chi connectivity index (χ2v) is 7.45. The third-order valence-electron chi connectivity index (χ3n) is 5.56. The third-order valence-corrected chi connectivity index (χ3v) is 5.56. The quantitative estimate of drug-likeness (QED) is 0.844. The minimum atomic E-state index is -0.370. The summed E-state index contributed by atoms with van der Waals surface area (Å²) < 4.78 is 0. The van der Waals surface area contributed by atoms with Crippen LogP contribution < -0.4 is 15.1 Å². The molecule has 3 amide bonds. The number of benzene rings is 1. The fourth-order valence-corrected chi connectivity index (χ4v) is 3.97. The fraction of sp³-hybridized carbons (Fsp3) is 0.364. The lowest BCUT2D eigenvalue weighted by Gasteiger charge is -2.20. The van der Waals surface area contributed by atoms with Gasteiger partial charge in [0.15, 0.2) is 0 Å². The lowest BCUT2D eigenvalue weighted by atomic mass is 10.1. The fourth-order valence-electron chi connectivity index (χ4n) is 3.97. The van der Waals surface area contributed by atoms with Crippen molar-refractivity contribution in [3.05, 3.63) is 53.9 Å². The van der Waals surface area contributed by atoms with E-state index in [0.717, 1.165) is 28.9 Å². The Balaban J connectivity index is 1.42. The maximum absolute atomic E-state index is 12.6. The molecule has 3 heterocycles. The molecule has 1 aromatic heterocycles. The molecule has 1 saturated heterocycles. The summed E-state index contributed by atoms with van der Waals surface area (Å²) in [6.45, 7) is 3.31. The summed E-state index contributed by atoms with van der Waals surface area (Å²) in [6.07, 6.45) is 4.86. The standard InChI is InChI=1S/C22H24N4O3/c1-2-20(27)25-9-7-16-10-18(5-6-19(16)25)26-14-17(11-21(26)28)22(29)24-13-15-4-3-8-23-12-15/h3-6,8,10,12,17H,2,7,9,11,13-14H2,1H3,(H,24,29)/t17-/m0/s1. The van der Waals surface area contributed by atoms with Crippen molar-refractivity contribution >= 4 is 29.1 Å². The Morgan fingerprint density at radius 3 is 2.90 bits per heavy atom. The van der Waals surface area contributed by atoms with Gasteiger partial charge >= 0.3 is 0 Å². The van der Waals surface area contributed by atoms with Crippen molar-refractivity contribution < 1.29 is 14.4 Å². The number of carbonyl (C=O) groups is 3. The normalized spacial score (nSPS) is 18.1. The molecule has 0 radical (unpaired) electrons. The van der Waals surface area contributed by atoms with E-state index in [1.54, 1.807) is 22.2 Å². The molecule has 1 atom stereocenters. The summed E-state index contributed by atoms with van der Waals surface area (Å²) >= 11 is 0. The van der Waals surface area contributed by atoms with Gasteiger partial charge in [-0.15, -0.1) is 0 Å². The molecular weight excluding hydrogens is 368 g/mol. The second kappa shape index (κ2) is 8.03.